The molecule has 7 heterocycles. The minimum absolute atomic E-state index is 0.00941. The Morgan fingerprint density at radius 3 is 2.51 bits per heavy atom. The van der Waals surface area contributed by atoms with Crippen LogP contribution in [-0.4, -0.2) is 96.8 Å². The van der Waals surface area contributed by atoms with Crippen LogP contribution < -0.4 is 30.9 Å². The molecule has 15 heteroatoms. The van der Waals surface area contributed by atoms with Crippen LogP contribution in [0.4, 0.5) is 34.5 Å². The summed E-state index contributed by atoms with van der Waals surface area (Å²) < 4.78 is 3.59. The van der Waals surface area contributed by atoms with Gasteiger partial charge in [-0.3, -0.25) is 24.2 Å². The van der Waals surface area contributed by atoms with Crippen molar-refractivity contribution in [2.75, 3.05) is 58.1 Å². The van der Waals surface area contributed by atoms with Crippen LogP contribution in [0.1, 0.15) is 94.3 Å². The molecule has 2 amide bonds. The lowest BCUT2D eigenvalue weighted by Crippen LogP contribution is -2.58. The number of carbonyl (C=O) groups excluding carboxylic acids is 2. The second-order valence-electron chi connectivity index (χ2n) is 20.8. The summed E-state index contributed by atoms with van der Waals surface area (Å²) in [5, 5.41) is 17.1. The number of aromatic nitrogens is 5. The highest BCUT2D eigenvalue weighted by Crippen LogP contribution is 2.41. The molecule has 2 fully saturated rings. The zero-order chi connectivity index (χ0) is 47.5. The number of aryl methyl sites for hydroxylation is 1. The smallest absolute Gasteiger partial charge is 0.293 e. The Morgan fingerprint density at radius 2 is 1.78 bits per heavy atom. The lowest BCUT2D eigenvalue weighted by Gasteiger charge is -2.48. The number of aliphatic hydroxyl groups is 1. The van der Waals surface area contributed by atoms with E-state index in [0.29, 0.717) is 64.9 Å². The predicted molar refractivity (Wildman–Crippen MR) is 266 cm³/mol. The molecule has 3 aliphatic heterocycles. The van der Waals surface area contributed by atoms with Crippen molar-refractivity contribution in [2.45, 2.75) is 111 Å². The topological polar surface area (TPSA) is 157 Å². The molecule has 4 aliphatic rings. The van der Waals surface area contributed by atoms with E-state index in [-0.39, 0.29) is 40.1 Å². The first-order valence-electron chi connectivity index (χ1n) is 23.7. The number of fused-ring (bicyclic) bond motifs is 3. The molecule has 4 aromatic heterocycles. The number of piperidine rings is 1. The van der Waals surface area contributed by atoms with E-state index in [2.05, 4.69) is 108 Å². The quantitative estimate of drug-likeness (QED) is 0.124. The van der Waals surface area contributed by atoms with Gasteiger partial charge in [-0.05, 0) is 99.0 Å². The number of pyridine rings is 2. The summed E-state index contributed by atoms with van der Waals surface area (Å²) in [6.45, 7) is 23.5. The fourth-order valence-electron chi connectivity index (χ4n) is 10.8. The van der Waals surface area contributed by atoms with Crippen LogP contribution in [0.15, 0.2) is 78.4 Å². The van der Waals surface area contributed by atoms with Crippen LogP contribution in [0.25, 0.3) is 11.3 Å². The minimum atomic E-state index is -0.398. The summed E-state index contributed by atoms with van der Waals surface area (Å²) in [5.74, 6) is 0.977. The molecule has 1 aliphatic carbocycles. The lowest BCUT2D eigenvalue weighted by atomic mass is 9.90. The number of nitrogens with one attached hydrogen (secondary N) is 2. The van der Waals surface area contributed by atoms with E-state index < -0.39 is 6.61 Å². The number of amides is 2. The molecule has 0 saturated carbocycles. The van der Waals surface area contributed by atoms with Crippen molar-refractivity contribution < 1.29 is 14.7 Å². The van der Waals surface area contributed by atoms with Gasteiger partial charge >= 0.3 is 0 Å². The average molecular weight is 908 g/mol. The van der Waals surface area contributed by atoms with E-state index >= 15 is 0 Å². The fourth-order valence-corrected chi connectivity index (χ4v) is 10.8. The van der Waals surface area contributed by atoms with E-state index in [0.717, 1.165) is 69.1 Å². The molecule has 352 valence electrons. The summed E-state index contributed by atoms with van der Waals surface area (Å²) in [6.07, 6.45) is 8.45. The monoisotopic (exact) mass is 908 g/mol. The number of carbonyl (C=O) groups is 2. The number of aliphatic hydroxyl groups excluding tert-OH is 1. The fraction of sp³-hybridized carbons (Fsp3) is 0.462. The number of hydrogen-bond donors (Lipinski definition) is 3. The van der Waals surface area contributed by atoms with Crippen molar-refractivity contribution in [3.05, 3.63) is 112 Å². The molecule has 3 atom stereocenters. The maximum atomic E-state index is 14.1. The van der Waals surface area contributed by atoms with E-state index in [4.69, 9.17) is 9.97 Å². The lowest BCUT2D eigenvalue weighted by molar-refractivity contribution is -0.111. The van der Waals surface area contributed by atoms with Crippen LogP contribution in [0.2, 0.25) is 0 Å². The minimum Gasteiger partial charge on any atom is -0.392 e. The number of rotatable bonds is 10. The molecule has 3 N–H and O–H groups in total. The second kappa shape index (κ2) is 17.7. The standard InChI is InChI=1S/C52H65N11O4/c1-10-46(65)55-39-26-35(14-15-41(39)60-21-20-59(29-33(60)3)36-17-19-61(32(2)24-36)45-13-11-12-44(57-45)51(4,5)6)54-47-50(67)58(9)30-40(56-47)37-16-18-53-48(38(37)31-64)63-23-22-62-42(49(63)66)25-34-27-52(7,8)28-43(34)62/h10-16,18,25-26,30,32-33,36,64H,1,17,19-24,27-29,31H2,2-9H3,(H,54,56)(H,55,65)/t32-,33-,36?/m0/s1. The zero-order valence-corrected chi connectivity index (χ0v) is 40.3. The summed E-state index contributed by atoms with van der Waals surface area (Å²) in [6, 6.07) is 16.8. The third-order valence-corrected chi connectivity index (χ3v) is 14.3. The van der Waals surface area contributed by atoms with E-state index in [1.54, 1.807) is 30.4 Å². The normalized spacial score (nSPS) is 20.7. The Balaban J connectivity index is 0.924. The highest BCUT2D eigenvalue weighted by molar-refractivity contribution is 6.06. The molecule has 1 aromatic carbocycles. The van der Waals surface area contributed by atoms with E-state index in [1.807, 2.05) is 24.3 Å². The third-order valence-electron chi connectivity index (χ3n) is 14.3. The number of piperazine rings is 1. The van der Waals surface area contributed by atoms with Gasteiger partial charge in [0.1, 0.15) is 17.3 Å². The molecule has 0 spiro atoms. The van der Waals surface area contributed by atoms with Crippen molar-refractivity contribution in [2.24, 2.45) is 12.5 Å². The SMILES string of the molecule is C=CC(=O)Nc1cc(Nc2nc(-c3ccnc(N4CCn5c(cc6c5CC(C)(C)C6)C4=O)c3CO)cn(C)c2=O)ccc1N1CCN(C2CCN(c3cccc(C(C)(C)C)n3)[C@@H](C)C2)C[C@@H]1C. The van der Waals surface area contributed by atoms with Crippen LogP contribution in [-0.2, 0) is 43.3 Å². The Kier molecular flexibility index (Phi) is 12.1. The molecule has 0 radical (unpaired) electrons. The van der Waals surface area contributed by atoms with Gasteiger partial charge in [0, 0.05) is 110 Å². The summed E-state index contributed by atoms with van der Waals surface area (Å²) in [5.41, 5.74) is 7.41. The number of nitrogens with zero attached hydrogens (tertiary/aromatic N) is 9. The zero-order valence-electron chi connectivity index (χ0n) is 40.3. The van der Waals surface area contributed by atoms with Gasteiger partial charge < -0.3 is 34.7 Å². The number of hydrogen-bond acceptors (Lipinski definition) is 11. The Labute approximate surface area is 393 Å². The summed E-state index contributed by atoms with van der Waals surface area (Å²) >= 11 is 0. The molecule has 2 saturated heterocycles. The van der Waals surface area contributed by atoms with Crippen LogP contribution in [0, 0.1) is 5.41 Å². The third kappa shape index (κ3) is 8.86. The molecule has 5 aromatic rings. The Hall–Kier alpha value is -6.32. The Morgan fingerprint density at radius 1 is 0.970 bits per heavy atom. The maximum Gasteiger partial charge on any atom is 0.293 e. The van der Waals surface area contributed by atoms with Crippen molar-refractivity contribution in [3.63, 3.8) is 0 Å². The first kappa shape index (κ1) is 45.8. The van der Waals surface area contributed by atoms with Crippen LogP contribution in [0.5, 0.6) is 0 Å². The van der Waals surface area contributed by atoms with Gasteiger partial charge in [0.25, 0.3) is 11.5 Å². The van der Waals surface area contributed by atoms with Gasteiger partial charge in [-0.25, -0.2) is 15.0 Å². The molecular weight excluding hydrogens is 843 g/mol. The molecule has 1 unspecified atom stereocenters. The van der Waals surface area contributed by atoms with Gasteiger partial charge in [-0.15, -0.1) is 0 Å². The van der Waals surface area contributed by atoms with Crippen molar-refractivity contribution in [3.8, 4) is 11.3 Å². The molecule has 0 bridgehead atoms. The largest absolute Gasteiger partial charge is 0.392 e. The van der Waals surface area contributed by atoms with E-state index in [9.17, 15) is 19.5 Å². The molecule has 67 heavy (non-hydrogen) atoms. The molecule has 9 rings (SSSR count). The van der Waals surface area contributed by atoms with Gasteiger partial charge in [0.15, 0.2) is 5.82 Å². The molecular formula is C52H65N11O4. The van der Waals surface area contributed by atoms with Crippen LogP contribution in [0.3, 0.4) is 0 Å². The van der Waals surface area contributed by atoms with Crippen molar-refractivity contribution >= 4 is 46.3 Å². The van der Waals surface area contributed by atoms with Gasteiger partial charge in [0.05, 0.1) is 23.7 Å². The predicted octanol–water partition coefficient (Wildman–Crippen LogP) is 7.05. The van der Waals surface area contributed by atoms with Gasteiger partial charge in [-0.1, -0.05) is 47.3 Å². The number of benzene rings is 1. The number of anilines is 6. The highest BCUT2D eigenvalue weighted by atomic mass is 16.3. The van der Waals surface area contributed by atoms with Gasteiger partial charge in [-0.2, -0.15) is 0 Å². The van der Waals surface area contributed by atoms with E-state index in [1.165, 1.54) is 21.9 Å². The van der Waals surface area contributed by atoms with Crippen LogP contribution >= 0.6 is 0 Å². The Bertz CT molecular complexity index is 2800. The maximum absolute atomic E-state index is 14.1. The second-order valence-corrected chi connectivity index (χ2v) is 20.8. The summed E-state index contributed by atoms with van der Waals surface area (Å²) in [4.78, 5) is 64.2. The highest BCUT2D eigenvalue weighted by Gasteiger charge is 2.38. The molecule has 15 nitrogen and oxygen atoms in total. The van der Waals surface area contributed by atoms with Crippen molar-refractivity contribution in [1.29, 1.82) is 0 Å². The average Bonchev–Trinajstić information content (AvgIpc) is 3.79. The van der Waals surface area contributed by atoms with Gasteiger partial charge in [0.2, 0.25) is 5.91 Å². The summed E-state index contributed by atoms with van der Waals surface area (Å²) in [7, 11) is 1.65. The van der Waals surface area contributed by atoms with Crippen molar-refractivity contribution in [1.82, 2.24) is 29.0 Å². The first-order valence-corrected chi connectivity index (χ1v) is 23.7. The first-order chi connectivity index (χ1) is 31.9.